The molecule has 0 bridgehead atoms. The molecule has 3 heteroatoms. The maximum Gasteiger partial charge on any atom is 0.508 e. The van der Waals surface area contributed by atoms with Crippen LogP contribution in [0.15, 0.2) is 12.2 Å². The second-order valence-electron chi connectivity index (χ2n) is 3.19. The van der Waals surface area contributed by atoms with Crippen LogP contribution in [0.3, 0.4) is 0 Å². The third kappa shape index (κ3) is 3.97. The number of hydrogen-bond donors (Lipinski definition) is 0. The van der Waals surface area contributed by atoms with Gasteiger partial charge in [0.05, 0.1) is 7.11 Å². The number of rotatable bonds is 1. The number of ether oxygens (including phenoxy) is 2. The summed E-state index contributed by atoms with van der Waals surface area (Å²) < 4.78 is 9.50. The summed E-state index contributed by atoms with van der Waals surface area (Å²) in [7, 11) is 1.33. The van der Waals surface area contributed by atoms with Crippen LogP contribution in [-0.4, -0.2) is 19.4 Å². The Morgan fingerprint density at radius 2 is 2.23 bits per heavy atom. The van der Waals surface area contributed by atoms with Crippen LogP contribution in [0.25, 0.3) is 0 Å². The lowest BCUT2D eigenvalue weighted by Gasteiger charge is -2.16. The molecule has 0 saturated carbocycles. The fourth-order valence-electron chi connectivity index (χ4n) is 1.41. The van der Waals surface area contributed by atoms with E-state index in [9.17, 15) is 4.79 Å². The zero-order valence-corrected chi connectivity index (χ0v) is 7.99. The van der Waals surface area contributed by atoms with Gasteiger partial charge in [-0.1, -0.05) is 12.2 Å². The quantitative estimate of drug-likeness (QED) is 0.464. The second kappa shape index (κ2) is 5.62. The van der Waals surface area contributed by atoms with Crippen molar-refractivity contribution in [2.24, 2.45) is 0 Å². The Balaban J connectivity index is 2.33. The van der Waals surface area contributed by atoms with Crippen LogP contribution < -0.4 is 0 Å². The lowest BCUT2D eigenvalue weighted by atomic mass is 10.0. The molecule has 74 valence electrons. The van der Waals surface area contributed by atoms with E-state index in [2.05, 4.69) is 16.9 Å². The standard InChI is InChI=1S/C10H16O3/c1-12-10(11)13-9-7-5-3-2-4-6-8-9/h3,5,9H,2,4,6-8H2,1H3. The Kier molecular flexibility index (Phi) is 4.36. The minimum Gasteiger partial charge on any atom is -0.438 e. The van der Waals surface area contributed by atoms with Gasteiger partial charge in [-0.05, 0) is 25.7 Å². The summed E-state index contributed by atoms with van der Waals surface area (Å²) in [6.07, 6.45) is 8.85. The van der Waals surface area contributed by atoms with E-state index in [1.54, 1.807) is 0 Å². The Bertz CT molecular complexity index is 187. The molecule has 0 fully saturated rings. The van der Waals surface area contributed by atoms with Crippen molar-refractivity contribution in [1.82, 2.24) is 0 Å². The largest absolute Gasteiger partial charge is 0.508 e. The van der Waals surface area contributed by atoms with E-state index in [1.807, 2.05) is 0 Å². The maximum atomic E-state index is 10.8. The summed E-state index contributed by atoms with van der Waals surface area (Å²) in [5.74, 6) is 0. The number of carbonyl (C=O) groups excluding carboxylic acids is 1. The van der Waals surface area contributed by atoms with Crippen molar-refractivity contribution in [2.75, 3.05) is 7.11 Å². The van der Waals surface area contributed by atoms with E-state index in [-0.39, 0.29) is 6.10 Å². The van der Waals surface area contributed by atoms with Crippen molar-refractivity contribution >= 4 is 6.16 Å². The number of allylic oxidation sites excluding steroid dienone is 1. The molecule has 0 aromatic carbocycles. The molecular formula is C10H16O3. The molecule has 0 radical (unpaired) electrons. The fraction of sp³-hybridized carbons (Fsp3) is 0.700. The third-order valence-corrected chi connectivity index (χ3v) is 2.14. The first-order valence-corrected chi connectivity index (χ1v) is 4.72. The van der Waals surface area contributed by atoms with Crippen LogP contribution in [-0.2, 0) is 9.47 Å². The highest BCUT2D eigenvalue weighted by atomic mass is 16.7. The van der Waals surface area contributed by atoms with Gasteiger partial charge >= 0.3 is 6.16 Å². The topological polar surface area (TPSA) is 35.5 Å². The second-order valence-corrected chi connectivity index (χ2v) is 3.19. The molecule has 0 saturated heterocycles. The predicted molar refractivity (Wildman–Crippen MR) is 49.5 cm³/mol. The predicted octanol–water partition coefficient (Wildman–Crippen LogP) is 2.66. The minimum absolute atomic E-state index is 0.00370. The summed E-state index contributed by atoms with van der Waals surface area (Å²) in [5.41, 5.74) is 0. The van der Waals surface area contributed by atoms with Gasteiger partial charge in [0.1, 0.15) is 6.10 Å². The first-order valence-electron chi connectivity index (χ1n) is 4.72. The molecule has 1 unspecified atom stereocenters. The van der Waals surface area contributed by atoms with Gasteiger partial charge in [0.25, 0.3) is 0 Å². The van der Waals surface area contributed by atoms with Gasteiger partial charge in [0.15, 0.2) is 0 Å². The van der Waals surface area contributed by atoms with Gasteiger partial charge in [0.2, 0.25) is 0 Å². The molecule has 0 aromatic heterocycles. The van der Waals surface area contributed by atoms with Gasteiger partial charge in [-0.15, -0.1) is 0 Å². The van der Waals surface area contributed by atoms with E-state index >= 15 is 0 Å². The Hall–Kier alpha value is -0.990. The Labute approximate surface area is 78.7 Å². The van der Waals surface area contributed by atoms with Crippen LogP contribution in [0.5, 0.6) is 0 Å². The number of methoxy groups -OCH3 is 1. The van der Waals surface area contributed by atoms with Crippen molar-refractivity contribution in [3.8, 4) is 0 Å². The maximum absolute atomic E-state index is 10.8. The molecule has 0 heterocycles. The van der Waals surface area contributed by atoms with Crippen LogP contribution >= 0.6 is 0 Å². The highest BCUT2D eigenvalue weighted by Gasteiger charge is 2.13. The SMILES string of the molecule is COC(=O)OC1CC=CCCCC1. The van der Waals surface area contributed by atoms with Gasteiger partial charge in [-0.25, -0.2) is 4.79 Å². The minimum atomic E-state index is -0.570. The molecule has 13 heavy (non-hydrogen) atoms. The van der Waals surface area contributed by atoms with Gasteiger partial charge in [0, 0.05) is 6.42 Å². The summed E-state index contributed by atoms with van der Waals surface area (Å²) in [5, 5.41) is 0. The average Bonchev–Trinajstić information content (AvgIpc) is 2.09. The van der Waals surface area contributed by atoms with Crippen molar-refractivity contribution in [2.45, 2.75) is 38.2 Å². The molecule has 0 aromatic rings. The molecule has 1 aliphatic carbocycles. The van der Waals surface area contributed by atoms with E-state index in [0.29, 0.717) is 0 Å². The molecule has 0 aliphatic heterocycles. The molecular weight excluding hydrogens is 168 g/mol. The zero-order valence-electron chi connectivity index (χ0n) is 7.99. The highest BCUT2D eigenvalue weighted by Crippen LogP contribution is 2.15. The van der Waals surface area contributed by atoms with Crippen molar-refractivity contribution in [3.63, 3.8) is 0 Å². The average molecular weight is 184 g/mol. The molecule has 1 atom stereocenters. The normalized spacial score (nSPS) is 23.0. The third-order valence-electron chi connectivity index (χ3n) is 2.14. The Morgan fingerprint density at radius 1 is 1.38 bits per heavy atom. The fourth-order valence-corrected chi connectivity index (χ4v) is 1.41. The van der Waals surface area contributed by atoms with Crippen molar-refractivity contribution in [1.29, 1.82) is 0 Å². The molecule has 3 nitrogen and oxygen atoms in total. The van der Waals surface area contributed by atoms with Gasteiger partial charge < -0.3 is 9.47 Å². The van der Waals surface area contributed by atoms with Crippen LogP contribution in [0.1, 0.15) is 32.1 Å². The first-order chi connectivity index (χ1) is 6.33. The monoisotopic (exact) mass is 184 g/mol. The van der Waals surface area contributed by atoms with Gasteiger partial charge in [-0.2, -0.15) is 0 Å². The van der Waals surface area contributed by atoms with Gasteiger partial charge in [-0.3, -0.25) is 0 Å². The first kappa shape index (κ1) is 10.1. The zero-order chi connectivity index (χ0) is 9.52. The van der Waals surface area contributed by atoms with E-state index in [0.717, 1.165) is 25.7 Å². The van der Waals surface area contributed by atoms with E-state index in [1.165, 1.54) is 13.5 Å². The van der Waals surface area contributed by atoms with Crippen molar-refractivity contribution < 1.29 is 14.3 Å². The van der Waals surface area contributed by atoms with Crippen LogP contribution in [0, 0.1) is 0 Å². The Morgan fingerprint density at radius 3 is 3.00 bits per heavy atom. The molecule has 0 N–H and O–H groups in total. The summed E-state index contributed by atoms with van der Waals surface area (Å²) in [6, 6.07) is 0. The lowest BCUT2D eigenvalue weighted by Crippen LogP contribution is -2.18. The van der Waals surface area contributed by atoms with E-state index < -0.39 is 6.16 Å². The summed E-state index contributed by atoms with van der Waals surface area (Å²) in [6.45, 7) is 0. The molecule has 1 aliphatic rings. The lowest BCUT2D eigenvalue weighted by molar-refractivity contribution is 0.0337. The van der Waals surface area contributed by atoms with Crippen molar-refractivity contribution in [3.05, 3.63) is 12.2 Å². The smallest absolute Gasteiger partial charge is 0.438 e. The summed E-state index contributed by atoms with van der Waals surface area (Å²) in [4.78, 5) is 10.8. The molecule has 0 spiro atoms. The number of carbonyl (C=O) groups is 1. The van der Waals surface area contributed by atoms with Crippen LogP contribution in [0.4, 0.5) is 4.79 Å². The molecule has 1 rings (SSSR count). The summed E-state index contributed by atoms with van der Waals surface area (Å²) >= 11 is 0. The van der Waals surface area contributed by atoms with Crippen LogP contribution in [0.2, 0.25) is 0 Å². The highest BCUT2D eigenvalue weighted by molar-refractivity contribution is 5.59. The van der Waals surface area contributed by atoms with E-state index in [4.69, 9.17) is 4.74 Å². The molecule has 0 amide bonds. The number of hydrogen-bond acceptors (Lipinski definition) is 3.